The lowest BCUT2D eigenvalue weighted by molar-refractivity contribution is 0.103. The Morgan fingerprint density at radius 3 is 2.05 bits per heavy atom. The second kappa shape index (κ2) is 7.82. The summed E-state index contributed by atoms with van der Waals surface area (Å²) in [6, 6.07) is 0.801. The van der Waals surface area contributed by atoms with Crippen LogP contribution in [0, 0.1) is 17.3 Å². The van der Waals surface area contributed by atoms with Crippen molar-refractivity contribution in [3.8, 4) is 0 Å². The van der Waals surface area contributed by atoms with Gasteiger partial charge in [0.05, 0.1) is 0 Å². The van der Waals surface area contributed by atoms with Gasteiger partial charge in [-0.1, -0.05) is 59.3 Å². The fourth-order valence-electron chi connectivity index (χ4n) is 5.28. The Kier molecular flexibility index (Phi) is 6.39. The average molecular weight is 280 g/mol. The summed E-state index contributed by atoms with van der Waals surface area (Å²) in [5.41, 5.74) is 0.624. The second-order valence-electron chi connectivity index (χ2n) is 7.95. The zero-order valence-corrected chi connectivity index (χ0v) is 14.2. The maximum atomic E-state index is 3.97. The van der Waals surface area contributed by atoms with Crippen LogP contribution in [-0.2, 0) is 0 Å². The van der Waals surface area contributed by atoms with Crippen molar-refractivity contribution in [3.05, 3.63) is 0 Å². The van der Waals surface area contributed by atoms with Crippen LogP contribution in [-0.4, -0.2) is 12.6 Å². The lowest BCUT2D eigenvalue weighted by Gasteiger charge is -2.44. The molecule has 2 saturated carbocycles. The first-order valence-electron chi connectivity index (χ1n) is 9.41. The van der Waals surface area contributed by atoms with Crippen LogP contribution in [0.4, 0.5) is 0 Å². The Labute approximate surface area is 127 Å². The molecule has 0 aromatic heterocycles. The van der Waals surface area contributed by atoms with Crippen molar-refractivity contribution in [2.45, 2.75) is 97.4 Å². The Hall–Kier alpha value is -0.0400. The predicted molar refractivity (Wildman–Crippen MR) is 89.0 cm³/mol. The van der Waals surface area contributed by atoms with Gasteiger partial charge in [0.1, 0.15) is 0 Å². The third-order valence-electron chi connectivity index (χ3n) is 5.87. The van der Waals surface area contributed by atoms with Gasteiger partial charge in [0.15, 0.2) is 0 Å². The Balaban J connectivity index is 2.14. The maximum Gasteiger partial charge on any atom is 0.0152 e. The van der Waals surface area contributed by atoms with E-state index in [1.807, 2.05) is 0 Å². The van der Waals surface area contributed by atoms with Gasteiger partial charge in [0.2, 0.25) is 0 Å². The minimum Gasteiger partial charge on any atom is -0.313 e. The highest BCUT2D eigenvalue weighted by Crippen LogP contribution is 2.49. The van der Waals surface area contributed by atoms with Crippen LogP contribution in [0.15, 0.2) is 0 Å². The molecule has 0 radical (unpaired) electrons. The Morgan fingerprint density at radius 2 is 1.55 bits per heavy atom. The standard InChI is InChI=1S/C19H37N/c1-4-20-18(17-11-7-5-6-8-12-17)19(15-16(2)3)13-9-10-14-19/h16-18,20H,4-15H2,1-3H3. The van der Waals surface area contributed by atoms with Gasteiger partial charge in [-0.05, 0) is 55.9 Å². The largest absolute Gasteiger partial charge is 0.313 e. The predicted octanol–water partition coefficient (Wildman–Crippen LogP) is 5.54. The molecule has 0 spiro atoms. The van der Waals surface area contributed by atoms with Crippen LogP contribution in [0.25, 0.3) is 0 Å². The SMILES string of the molecule is CCNC(C1CCCCCC1)C1(CC(C)C)CCCC1. The summed E-state index contributed by atoms with van der Waals surface area (Å²) < 4.78 is 0. The lowest BCUT2D eigenvalue weighted by Crippen LogP contribution is -2.49. The summed E-state index contributed by atoms with van der Waals surface area (Å²) in [6.45, 7) is 8.31. The molecule has 2 rings (SSSR count). The summed E-state index contributed by atoms with van der Waals surface area (Å²) >= 11 is 0. The van der Waals surface area contributed by atoms with Crippen molar-refractivity contribution in [1.82, 2.24) is 5.32 Å². The minimum atomic E-state index is 0.624. The van der Waals surface area contributed by atoms with Crippen LogP contribution in [0.2, 0.25) is 0 Å². The highest BCUT2D eigenvalue weighted by Gasteiger charge is 2.44. The van der Waals surface area contributed by atoms with Crippen molar-refractivity contribution in [3.63, 3.8) is 0 Å². The molecular formula is C19H37N. The van der Waals surface area contributed by atoms with E-state index in [9.17, 15) is 0 Å². The molecule has 0 aromatic rings. The molecule has 2 aliphatic rings. The molecule has 1 N–H and O–H groups in total. The highest BCUT2D eigenvalue weighted by molar-refractivity contribution is 4.98. The average Bonchev–Trinajstić information content (AvgIpc) is 2.71. The van der Waals surface area contributed by atoms with Gasteiger partial charge in [-0.25, -0.2) is 0 Å². The van der Waals surface area contributed by atoms with Gasteiger partial charge < -0.3 is 5.32 Å². The quantitative estimate of drug-likeness (QED) is 0.629. The van der Waals surface area contributed by atoms with Gasteiger partial charge in [0, 0.05) is 6.04 Å². The molecule has 118 valence electrons. The van der Waals surface area contributed by atoms with E-state index < -0.39 is 0 Å². The summed E-state index contributed by atoms with van der Waals surface area (Å²) in [7, 11) is 0. The third kappa shape index (κ3) is 4.00. The van der Waals surface area contributed by atoms with Crippen LogP contribution in [0.1, 0.15) is 91.4 Å². The van der Waals surface area contributed by atoms with Crippen LogP contribution < -0.4 is 5.32 Å². The molecule has 2 fully saturated rings. The van der Waals surface area contributed by atoms with E-state index in [0.717, 1.165) is 24.4 Å². The molecule has 0 aliphatic heterocycles. The van der Waals surface area contributed by atoms with E-state index in [4.69, 9.17) is 0 Å². The molecule has 0 bridgehead atoms. The van der Waals surface area contributed by atoms with Gasteiger partial charge in [0.25, 0.3) is 0 Å². The molecule has 0 amide bonds. The second-order valence-corrected chi connectivity index (χ2v) is 7.95. The molecule has 1 atom stereocenters. The Morgan fingerprint density at radius 1 is 0.950 bits per heavy atom. The molecule has 1 unspecified atom stereocenters. The van der Waals surface area contributed by atoms with Crippen molar-refractivity contribution >= 4 is 0 Å². The van der Waals surface area contributed by atoms with Crippen LogP contribution in [0.3, 0.4) is 0 Å². The zero-order chi connectivity index (χ0) is 14.4. The van der Waals surface area contributed by atoms with Crippen molar-refractivity contribution in [1.29, 1.82) is 0 Å². The fraction of sp³-hybridized carbons (Fsp3) is 1.00. The van der Waals surface area contributed by atoms with Gasteiger partial charge in [-0.15, -0.1) is 0 Å². The molecule has 0 aromatic carbocycles. The molecule has 0 heterocycles. The van der Waals surface area contributed by atoms with Gasteiger partial charge in [-0.3, -0.25) is 0 Å². The first-order valence-corrected chi connectivity index (χ1v) is 9.41. The molecule has 1 nitrogen and oxygen atoms in total. The van der Waals surface area contributed by atoms with Crippen LogP contribution >= 0.6 is 0 Å². The molecule has 1 heteroatoms. The third-order valence-corrected chi connectivity index (χ3v) is 5.87. The van der Waals surface area contributed by atoms with E-state index in [0.29, 0.717) is 5.41 Å². The highest BCUT2D eigenvalue weighted by atomic mass is 14.9. The number of nitrogens with one attached hydrogen (secondary N) is 1. The first kappa shape index (κ1) is 16.3. The van der Waals surface area contributed by atoms with Gasteiger partial charge in [-0.2, -0.15) is 0 Å². The first-order chi connectivity index (χ1) is 9.68. The maximum absolute atomic E-state index is 3.97. The number of rotatable bonds is 6. The smallest absolute Gasteiger partial charge is 0.0152 e. The molecule has 2 aliphatic carbocycles. The van der Waals surface area contributed by atoms with Crippen molar-refractivity contribution in [2.24, 2.45) is 17.3 Å². The van der Waals surface area contributed by atoms with E-state index in [2.05, 4.69) is 26.1 Å². The Bertz CT molecular complexity index is 257. The topological polar surface area (TPSA) is 12.0 Å². The van der Waals surface area contributed by atoms with Crippen molar-refractivity contribution < 1.29 is 0 Å². The fourth-order valence-corrected chi connectivity index (χ4v) is 5.28. The summed E-state index contributed by atoms with van der Waals surface area (Å²) in [5, 5.41) is 3.97. The number of hydrogen-bond donors (Lipinski definition) is 1. The van der Waals surface area contributed by atoms with Gasteiger partial charge >= 0.3 is 0 Å². The molecular weight excluding hydrogens is 242 g/mol. The molecule has 20 heavy (non-hydrogen) atoms. The van der Waals surface area contributed by atoms with E-state index in [1.54, 1.807) is 0 Å². The normalized spacial score (nSPS) is 25.8. The van der Waals surface area contributed by atoms with E-state index in [1.165, 1.54) is 70.6 Å². The lowest BCUT2D eigenvalue weighted by atomic mass is 9.67. The number of hydrogen-bond acceptors (Lipinski definition) is 1. The van der Waals surface area contributed by atoms with E-state index in [-0.39, 0.29) is 0 Å². The summed E-state index contributed by atoms with van der Waals surface area (Å²) in [6.07, 6.45) is 16.2. The summed E-state index contributed by atoms with van der Waals surface area (Å²) in [5.74, 6) is 1.80. The molecule has 0 saturated heterocycles. The summed E-state index contributed by atoms with van der Waals surface area (Å²) in [4.78, 5) is 0. The van der Waals surface area contributed by atoms with Crippen LogP contribution in [0.5, 0.6) is 0 Å². The van der Waals surface area contributed by atoms with Crippen molar-refractivity contribution in [2.75, 3.05) is 6.54 Å². The minimum absolute atomic E-state index is 0.624. The monoisotopic (exact) mass is 279 g/mol. The zero-order valence-electron chi connectivity index (χ0n) is 14.2. The van der Waals surface area contributed by atoms with E-state index >= 15 is 0 Å².